The molecule has 0 fully saturated rings. The Balaban J connectivity index is 1.99. The van der Waals surface area contributed by atoms with Crippen molar-refractivity contribution in [2.24, 2.45) is 0 Å². The molecule has 0 bridgehead atoms. The van der Waals surface area contributed by atoms with Gasteiger partial charge in [-0.2, -0.15) is 28.9 Å². The van der Waals surface area contributed by atoms with Crippen LogP contribution in [0.4, 0.5) is 0 Å². The van der Waals surface area contributed by atoms with Crippen molar-refractivity contribution in [3.63, 3.8) is 0 Å². The predicted molar refractivity (Wildman–Crippen MR) is 87.6 cm³/mol. The van der Waals surface area contributed by atoms with Crippen molar-refractivity contribution in [1.82, 2.24) is 24.6 Å². The molecule has 0 aliphatic heterocycles. The maximum Gasteiger partial charge on any atom is 0.283 e. The number of aliphatic hydroxyl groups is 1. The van der Waals surface area contributed by atoms with E-state index in [4.69, 9.17) is 11.6 Å². The lowest BCUT2D eigenvalue weighted by molar-refractivity contribution is 0.104. The van der Waals surface area contributed by atoms with Crippen LogP contribution < -0.4 is 0 Å². The van der Waals surface area contributed by atoms with E-state index in [0.717, 1.165) is 6.08 Å². The maximum absolute atomic E-state index is 12.6. The van der Waals surface area contributed by atoms with Crippen LogP contribution in [-0.4, -0.2) is 43.9 Å². The van der Waals surface area contributed by atoms with E-state index in [0.29, 0.717) is 9.11 Å². The summed E-state index contributed by atoms with van der Waals surface area (Å²) in [4.78, 5) is 12.2. The fraction of sp³-hybridized carbons (Fsp3) is 0. The minimum absolute atomic E-state index is 0.0416. The first kappa shape index (κ1) is 16.9. The topological polar surface area (TPSA) is 131 Å². The summed E-state index contributed by atoms with van der Waals surface area (Å²) in [7, 11) is -4.10. The van der Waals surface area contributed by atoms with Gasteiger partial charge in [-0.1, -0.05) is 11.6 Å². The number of hydrogen-bond donors (Lipinski definition) is 2. The van der Waals surface area contributed by atoms with Gasteiger partial charge in [0.15, 0.2) is 0 Å². The standard InChI is InChI=1S/C14H10ClN5O4S/c15-9-1-3-10(4-2-9)25(23,24)20-12(5-6-17-20)14(22)7-13(21)11-8-16-19-18-11/h1-8,21H,(H,16,18,19). The van der Waals surface area contributed by atoms with Gasteiger partial charge in [0.1, 0.15) is 17.1 Å². The first-order valence-electron chi connectivity index (χ1n) is 6.76. The van der Waals surface area contributed by atoms with E-state index in [9.17, 15) is 18.3 Å². The summed E-state index contributed by atoms with van der Waals surface area (Å²) in [6.45, 7) is 0. The normalized spacial score (nSPS) is 12.3. The highest BCUT2D eigenvalue weighted by Gasteiger charge is 2.24. The Morgan fingerprint density at radius 1 is 1.24 bits per heavy atom. The number of halogens is 1. The molecule has 11 heteroatoms. The van der Waals surface area contributed by atoms with Crippen LogP contribution >= 0.6 is 11.6 Å². The molecule has 1 aromatic carbocycles. The highest BCUT2D eigenvalue weighted by Crippen LogP contribution is 2.19. The Bertz CT molecular complexity index is 1040. The molecule has 0 atom stereocenters. The third-order valence-electron chi connectivity index (χ3n) is 3.15. The Kier molecular flexibility index (Phi) is 4.38. The number of benzene rings is 1. The molecule has 0 saturated carbocycles. The van der Waals surface area contributed by atoms with Crippen LogP contribution in [0.15, 0.2) is 53.7 Å². The van der Waals surface area contributed by atoms with E-state index >= 15 is 0 Å². The largest absolute Gasteiger partial charge is 0.505 e. The van der Waals surface area contributed by atoms with Crippen LogP contribution in [0.1, 0.15) is 16.2 Å². The van der Waals surface area contributed by atoms with Crippen molar-refractivity contribution in [3.05, 3.63) is 65.2 Å². The molecule has 0 radical (unpaired) electrons. The summed E-state index contributed by atoms with van der Waals surface area (Å²) in [6, 6.07) is 6.65. The zero-order valence-corrected chi connectivity index (χ0v) is 13.9. The number of rotatable bonds is 5. The second kappa shape index (κ2) is 6.49. The molecule has 0 aliphatic carbocycles. The lowest BCUT2D eigenvalue weighted by Crippen LogP contribution is -2.19. The van der Waals surface area contributed by atoms with Crippen molar-refractivity contribution in [1.29, 1.82) is 0 Å². The molecule has 3 rings (SSSR count). The summed E-state index contributed by atoms with van der Waals surface area (Å²) >= 11 is 5.75. The van der Waals surface area contributed by atoms with Crippen molar-refractivity contribution in [3.8, 4) is 0 Å². The van der Waals surface area contributed by atoms with Gasteiger partial charge in [0, 0.05) is 11.1 Å². The van der Waals surface area contributed by atoms with Gasteiger partial charge in [0.25, 0.3) is 10.0 Å². The average molecular weight is 380 g/mol. The zero-order valence-electron chi connectivity index (χ0n) is 12.4. The number of nitrogens with one attached hydrogen (secondary N) is 1. The Morgan fingerprint density at radius 2 is 1.96 bits per heavy atom. The van der Waals surface area contributed by atoms with E-state index < -0.39 is 21.6 Å². The molecule has 9 nitrogen and oxygen atoms in total. The lowest BCUT2D eigenvalue weighted by Gasteiger charge is -2.07. The molecular formula is C14H10ClN5O4S. The van der Waals surface area contributed by atoms with Crippen LogP contribution in [0.3, 0.4) is 0 Å². The molecule has 128 valence electrons. The minimum Gasteiger partial charge on any atom is -0.505 e. The van der Waals surface area contributed by atoms with Gasteiger partial charge < -0.3 is 5.11 Å². The van der Waals surface area contributed by atoms with E-state index in [1.165, 1.54) is 42.7 Å². The number of aromatic amines is 1. The van der Waals surface area contributed by atoms with E-state index in [-0.39, 0.29) is 16.3 Å². The molecule has 2 N–H and O–H groups in total. The number of aliphatic hydroxyl groups excluding tert-OH is 1. The quantitative estimate of drug-likeness (QED) is 0.391. The second-order valence-corrected chi connectivity index (χ2v) is 6.97. The molecule has 0 amide bonds. The highest BCUT2D eigenvalue weighted by molar-refractivity contribution is 7.89. The second-order valence-electron chi connectivity index (χ2n) is 4.77. The summed E-state index contributed by atoms with van der Waals surface area (Å²) in [6.07, 6.45) is 3.21. The molecule has 0 spiro atoms. The van der Waals surface area contributed by atoms with Gasteiger partial charge in [-0.05, 0) is 30.3 Å². The number of allylic oxidation sites excluding steroid dienone is 1. The SMILES string of the molecule is O=C(C=C(O)c1cn[nH]n1)c1ccnn1S(=O)(=O)c1ccc(Cl)cc1. The van der Waals surface area contributed by atoms with Gasteiger partial charge in [0.2, 0.25) is 5.78 Å². The number of aromatic nitrogens is 5. The minimum atomic E-state index is -4.10. The van der Waals surface area contributed by atoms with Gasteiger partial charge in [0.05, 0.1) is 17.3 Å². The summed E-state index contributed by atoms with van der Waals surface area (Å²) in [5.74, 6) is -1.23. The van der Waals surface area contributed by atoms with Crippen molar-refractivity contribution < 1.29 is 18.3 Å². The van der Waals surface area contributed by atoms with Crippen molar-refractivity contribution in [2.45, 2.75) is 4.90 Å². The Labute approximate surface area is 146 Å². The Hall–Kier alpha value is -2.98. The molecule has 0 saturated heterocycles. The van der Waals surface area contributed by atoms with E-state index in [2.05, 4.69) is 20.5 Å². The summed E-state index contributed by atoms with van der Waals surface area (Å²) < 4.78 is 25.9. The number of ketones is 1. The van der Waals surface area contributed by atoms with E-state index in [1.54, 1.807) is 0 Å². The number of hydrogen-bond acceptors (Lipinski definition) is 7. The van der Waals surface area contributed by atoms with Gasteiger partial charge in [-0.3, -0.25) is 4.79 Å². The molecule has 0 unspecified atom stereocenters. The van der Waals surface area contributed by atoms with Gasteiger partial charge in [-0.15, -0.1) is 4.09 Å². The number of carbonyl (C=O) groups is 1. The monoisotopic (exact) mass is 379 g/mol. The average Bonchev–Trinajstić information content (AvgIpc) is 3.27. The van der Waals surface area contributed by atoms with Crippen molar-refractivity contribution in [2.75, 3.05) is 0 Å². The van der Waals surface area contributed by atoms with Crippen LogP contribution in [0.2, 0.25) is 5.02 Å². The predicted octanol–water partition coefficient (Wildman–Crippen LogP) is 1.67. The van der Waals surface area contributed by atoms with Gasteiger partial charge in [-0.25, -0.2) is 0 Å². The molecule has 2 heterocycles. The molecular weight excluding hydrogens is 370 g/mol. The summed E-state index contributed by atoms with van der Waals surface area (Å²) in [5, 5.41) is 23.3. The van der Waals surface area contributed by atoms with Crippen molar-refractivity contribution >= 4 is 33.2 Å². The highest BCUT2D eigenvalue weighted by atomic mass is 35.5. The first-order chi connectivity index (χ1) is 11.9. The van der Waals surface area contributed by atoms with E-state index in [1.807, 2.05) is 0 Å². The lowest BCUT2D eigenvalue weighted by atomic mass is 10.2. The fourth-order valence-corrected chi connectivity index (χ4v) is 3.36. The van der Waals surface area contributed by atoms with Gasteiger partial charge >= 0.3 is 0 Å². The fourth-order valence-electron chi connectivity index (χ4n) is 1.96. The molecule has 2 aromatic heterocycles. The van der Waals surface area contributed by atoms with Crippen LogP contribution in [0, 0.1) is 0 Å². The number of H-pyrrole nitrogens is 1. The molecule has 0 aliphatic rings. The zero-order chi connectivity index (χ0) is 18.0. The smallest absolute Gasteiger partial charge is 0.283 e. The first-order valence-corrected chi connectivity index (χ1v) is 8.57. The Morgan fingerprint density at radius 3 is 2.60 bits per heavy atom. The summed E-state index contributed by atoms with van der Waals surface area (Å²) in [5.41, 5.74) is -0.204. The molecule has 3 aromatic rings. The third kappa shape index (κ3) is 3.30. The number of carbonyl (C=O) groups excluding carboxylic acids is 1. The molecule has 25 heavy (non-hydrogen) atoms. The number of nitrogens with zero attached hydrogens (tertiary/aromatic N) is 4. The maximum atomic E-state index is 12.6. The van der Waals surface area contributed by atoms with Crippen LogP contribution in [-0.2, 0) is 10.0 Å². The van der Waals surface area contributed by atoms with Crippen LogP contribution in [0.25, 0.3) is 5.76 Å². The van der Waals surface area contributed by atoms with Crippen LogP contribution in [0.5, 0.6) is 0 Å². The third-order valence-corrected chi connectivity index (χ3v) is 5.01.